The third-order valence-electron chi connectivity index (χ3n) is 3.53. The Labute approximate surface area is 130 Å². The summed E-state index contributed by atoms with van der Waals surface area (Å²) in [6.45, 7) is 0.566. The van der Waals surface area contributed by atoms with E-state index < -0.39 is 18.0 Å². The summed E-state index contributed by atoms with van der Waals surface area (Å²) in [5.74, 6) is -0.245. The Hall–Kier alpha value is -2.35. The first-order valence-corrected chi connectivity index (χ1v) is 7.09. The lowest BCUT2D eigenvalue weighted by molar-refractivity contribution is -0.142. The molecular formula is C15H14F3N3O2. The molecule has 0 bridgehead atoms. The van der Waals surface area contributed by atoms with E-state index in [4.69, 9.17) is 4.74 Å². The molecule has 1 aliphatic heterocycles. The van der Waals surface area contributed by atoms with Gasteiger partial charge < -0.3 is 10.1 Å². The van der Waals surface area contributed by atoms with Crippen molar-refractivity contribution in [1.82, 2.24) is 9.78 Å². The van der Waals surface area contributed by atoms with Crippen LogP contribution in [0.15, 0.2) is 36.5 Å². The smallest absolute Gasteiger partial charge is 0.368 e. The Bertz CT molecular complexity index is 689. The predicted octanol–water partition coefficient (Wildman–Crippen LogP) is 3.01. The first-order valence-electron chi connectivity index (χ1n) is 7.09. The summed E-state index contributed by atoms with van der Waals surface area (Å²) >= 11 is 0. The summed E-state index contributed by atoms with van der Waals surface area (Å²) < 4.78 is 44.7. The van der Waals surface area contributed by atoms with Crippen LogP contribution >= 0.6 is 0 Å². The van der Waals surface area contributed by atoms with E-state index in [0.29, 0.717) is 18.7 Å². The Kier molecular flexibility index (Phi) is 4.08. The van der Waals surface area contributed by atoms with Crippen LogP contribution in [0.3, 0.4) is 0 Å². The van der Waals surface area contributed by atoms with Gasteiger partial charge in [-0.25, -0.2) is 4.68 Å². The topological polar surface area (TPSA) is 56.2 Å². The minimum absolute atomic E-state index is 0.245. The van der Waals surface area contributed by atoms with Crippen molar-refractivity contribution in [2.24, 2.45) is 0 Å². The number of anilines is 1. The van der Waals surface area contributed by atoms with Crippen LogP contribution in [0.4, 0.5) is 18.9 Å². The lowest BCUT2D eigenvalue weighted by Gasteiger charge is -2.12. The number of aromatic nitrogens is 2. The molecule has 1 aromatic carbocycles. The fraction of sp³-hybridized carbons (Fsp3) is 0.333. The number of hydrogen-bond donors (Lipinski definition) is 1. The molecule has 0 unspecified atom stereocenters. The average Bonchev–Trinajstić information content (AvgIpc) is 3.19. The van der Waals surface area contributed by atoms with E-state index in [9.17, 15) is 18.0 Å². The molecule has 122 valence electrons. The molecule has 2 aromatic rings. The van der Waals surface area contributed by atoms with Crippen LogP contribution in [-0.4, -0.2) is 28.4 Å². The summed E-state index contributed by atoms with van der Waals surface area (Å²) in [4.78, 5) is 11.9. The van der Waals surface area contributed by atoms with E-state index in [1.54, 1.807) is 0 Å². The van der Waals surface area contributed by atoms with Crippen LogP contribution in [0.1, 0.15) is 18.5 Å². The molecule has 1 aliphatic rings. The largest absolute Gasteiger partial charge is 0.433 e. The van der Waals surface area contributed by atoms with E-state index in [1.165, 1.54) is 24.3 Å². The zero-order valence-corrected chi connectivity index (χ0v) is 12.0. The maximum Gasteiger partial charge on any atom is 0.433 e. The van der Waals surface area contributed by atoms with Gasteiger partial charge in [-0.05, 0) is 43.2 Å². The molecule has 3 rings (SSSR count). The molecule has 1 atom stereocenters. The normalized spacial score (nSPS) is 18.1. The Balaban J connectivity index is 1.75. The molecule has 5 nitrogen and oxygen atoms in total. The van der Waals surface area contributed by atoms with Crippen molar-refractivity contribution >= 4 is 11.6 Å². The fourth-order valence-electron chi connectivity index (χ4n) is 2.42. The first kappa shape index (κ1) is 15.5. The van der Waals surface area contributed by atoms with Crippen LogP contribution in [-0.2, 0) is 15.7 Å². The average molecular weight is 325 g/mol. The zero-order valence-electron chi connectivity index (χ0n) is 12.0. The molecule has 0 radical (unpaired) electrons. The van der Waals surface area contributed by atoms with Crippen molar-refractivity contribution < 1.29 is 22.7 Å². The summed E-state index contributed by atoms with van der Waals surface area (Å²) in [5.41, 5.74) is -0.0963. The third-order valence-corrected chi connectivity index (χ3v) is 3.53. The Morgan fingerprint density at radius 3 is 2.61 bits per heavy atom. The van der Waals surface area contributed by atoms with E-state index in [-0.39, 0.29) is 11.6 Å². The monoisotopic (exact) mass is 325 g/mol. The van der Waals surface area contributed by atoms with E-state index in [0.717, 1.165) is 23.4 Å². The second kappa shape index (κ2) is 6.04. The van der Waals surface area contributed by atoms with Gasteiger partial charge in [0.2, 0.25) is 0 Å². The number of carbonyl (C=O) groups is 1. The molecule has 8 heteroatoms. The number of rotatable bonds is 3. The highest BCUT2D eigenvalue weighted by Gasteiger charge is 2.35. The molecule has 23 heavy (non-hydrogen) atoms. The lowest BCUT2D eigenvalue weighted by Crippen LogP contribution is -2.26. The summed E-state index contributed by atoms with van der Waals surface area (Å²) in [7, 11) is 0. The molecule has 1 saturated heterocycles. The van der Waals surface area contributed by atoms with Gasteiger partial charge >= 0.3 is 6.18 Å². The van der Waals surface area contributed by atoms with E-state index >= 15 is 0 Å². The number of amides is 1. The minimum atomic E-state index is -4.48. The quantitative estimate of drug-likeness (QED) is 0.944. The molecule has 1 amide bonds. The highest BCUT2D eigenvalue weighted by molar-refractivity contribution is 5.94. The number of carbonyl (C=O) groups excluding carboxylic acids is 1. The lowest BCUT2D eigenvalue weighted by atomic mass is 10.2. The molecule has 1 aromatic heterocycles. The number of nitrogens with zero attached hydrogens (tertiary/aromatic N) is 2. The van der Waals surface area contributed by atoms with Crippen LogP contribution in [0.5, 0.6) is 0 Å². The number of halogens is 3. The van der Waals surface area contributed by atoms with E-state index in [1.807, 2.05) is 0 Å². The van der Waals surface area contributed by atoms with Gasteiger partial charge in [-0.2, -0.15) is 18.3 Å². The van der Waals surface area contributed by atoms with Gasteiger partial charge in [0, 0.05) is 12.3 Å². The SMILES string of the molecule is O=C(Nc1ccc(-n2nccc2C(F)(F)F)cc1)[C@@H]1CCCO1. The van der Waals surface area contributed by atoms with Crippen molar-refractivity contribution in [1.29, 1.82) is 0 Å². The van der Waals surface area contributed by atoms with Crippen molar-refractivity contribution in [3.05, 3.63) is 42.2 Å². The second-order valence-corrected chi connectivity index (χ2v) is 5.16. The minimum Gasteiger partial charge on any atom is -0.368 e. The number of benzene rings is 1. The highest BCUT2D eigenvalue weighted by atomic mass is 19.4. The second-order valence-electron chi connectivity index (χ2n) is 5.16. The number of nitrogens with one attached hydrogen (secondary N) is 1. The van der Waals surface area contributed by atoms with Crippen molar-refractivity contribution in [3.8, 4) is 5.69 Å². The maximum atomic E-state index is 12.9. The number of alkyl halides is 3. The molecule has 1 N–H and O–H groups in total. The summed E-state index contributed by atoms with van der Waals surface area (Å²) in [6, 6.07) is 6.90. The van der Waals surface area contributed by atoms with Crippen LogP contribution in [0, 0.1) is 0 Å². The standard InChI is InChI=1S/C15H14F3N3O2/c16-15(17,18)13-7-8-19-21(13)11-5-3-10(4-6-11)20-14(22)12-2-1-9-23-12/h3-8,12H,1-2,9H2,(H,20,22)/t12-/m0/s1. The fourth-order valence-corrected chi connectivity index (χ4v) is 2.42. The zero-order chi connectivity index (χ0) is 16.4. The molecule has 0 saturated carbocycles. The third kappa shape index (κ3) is 3.37. The van der Waals surface area contributed by atoms with Gasteiger partial charge in [0.15, 0.2) is 0 Å². The number of hydrogen-bond acceptors (Lipinski definition) is 3. The molecular weight excluding hydrogens is 311 g/mol. The van der Waals surface area contributed by atoms with Gasteiger partial charge in [0.25, 0.3) is 5.91 Å². The van der Waals surface area contributed by atoms with Gasteiger partial charge in [0.1, 0.15) is 11.8 Å². The summed E-state index contributed by atoms with van der Waals surface area (Å²) in [5, 5.41) is 6.38. The number of ether oxygens (including phenoxy) is 1. The van der Waals surface area contributed by atoms with E-state index in [2.05, 4.69) is 10.4 Å². The van der Waals surface area contributed by atoms with Crippen molar-refractivity contribution in [2.75, 3.05) is 11.9 Å². The molecule has 2 heterocycles. The molecule has 1 fully saturated rings. The maximum absolute atomic E-state index is 12.9. The predicted molar refractivity (Wildman–Crippen MR) is 76.2 cm³/mol. The van der Waals surface area contributed by atoms with Gasteiger partial charge in [0.05, 0.1) is 11.9 Å². The van der Waals surface area contributed by atoms with Crippen molar-refractivity contribution in [2.45, 2.75) is 25.1 Å². The van der Waals surface area contributed by atoms with Gasteiger partial charge in [-0.3, -0.25) is 4.79 Å². The van der Waals surface area contributed by atoms with Crippen LogP contribution in [0.2, 0.25) is 0 Å². The Morgan fingerprint density at radius 1 is 1.26 bits per heavy atom. The molecule has 0 aliphatic carbocycles. The van der Waals surface area contributed by atoms with Crippen LogP contribution < -0.4 is 5.32 Å². The van der Waals surface area contributed by atoms with Gasteiger partial charge in [-0.1, -0.05) is 0 Å². The first-order chi connectivity index (χ1) is 10.9. The van der Waals surface area contributed by atoms with Gasteiger partial charge in [-0.15, -0.1) is 0 Å². The highest BCUT2D eigenvalue weighted by Crippen LogP contribution is 2.30. The van der Waals surface area contributed by atoms with Crippen molar-refractivity contribution in [3.63, 3.8) is 0 Å². The molecule has 0 spiro atoms. The van der Waals surface area contributed by atoms with Crippen LogP contribution in [0.25, 0.3) is 5.69 Å². The Morgan fingerprint density at radius 2 is 2.00 bits per heavy atom. The summed E-state index contributed by atoms with van der Waals surface area (Å²) in [6.07, 6.45) is -2.33.